The van der Waals surface area contributed by atoms with Crippen LogP contribution in [0.3, 0.4) is 0 Å². The third-order valence-electron chi connectivity index (χ3n) is 5.21. The molecule has 1 aromatic rings. The van der Waals surface area contributed by atoms with Crippen molar-refractivity contribution in [3.05, 3.63) is 17.8 Å². The Kier molecular flexibility index (Phi) is 3.73. The molecule has 1 unspecified atom stereocenters. The van der Waals surface area contributed by atoms with Gasteiger partial charge in [-0.15, -0.1) is 0 Å². The lowest BCUT2D eigenvalue weighted by atomic mass is 10.1. The van der Waals surface area contributed by atoms with E-state index < -0.39 is 0 Å². The summed E-state index contributed by atoms with van der Waals surface area (Å²) in [6.45, 7) is 2.60. The first-order valence-corrected chi connectivity index (χ1v) is 8.39. The second-order valence-corrected chi connectivity index (χ2v) is 6.85. The molecule has 2 aliphatic carbocycles. The number of hydrogen-bond donors (Lipinski definition) is 2. The van der Waals surface area contributed by atoms with Crippen LogP contribution < -0.4 is 5.32 Å². The van der Waals surface area contributed by atoms with E-state index in [0.717, 1.165) is 37.7 Å². The van der Waals surface area contributed by atoms with E-state index in [9.17, 15) is 5.11 Å². The van der Waals surface area contributed by atoms with Gasteiger partial charge >= 0.3 is 0 Å². The minimum atomic E-state index is -0.126. The Labute approximate surface area is 125 Å². The summed E-state index contributed by atoms with van der Waals surface area (Å²) in [5.74, 6) is 2.53. The standard InChI is InChI=1S/C16H25N3O2/c20-12-6-7-19(10-12)14-3-1-2-13(14)17-9-16-18-8-15(21-16)11-4-5-11/h8,11-14,17,20H,1-7,9-10H2/t12?,13-,14+/m1/s1. The molecule has 116 valence electrons. The lowest BCUT2D eigenvalue weighted by Gasteiger charge is -2.29. The number of β-amino-alcohol motifs (C(OH)–C–C–N with tert-alkyl or cyclic N) is 1. The molecule has 0 radical (unpaired) electrons. The second-order valence-electron chi connectivity index (χ2n) is 6.85. The zero-order chi connectivity index (χ0) is 14.2. The molecule has 0 amide bonds. The van der Waals surface area contributed by atoms with Crippen molar-refractivity contribution in [2.45, 2.75) is 69.2 Å². The Morgan fingerprint density at radius 1 is 1.29 bits per heavy atom. The first-order chi connectivity index (χ1) is 10.3. The van der Waals surface area contributed by atoms with Gasteiger partial charge in [-0.2, -0.15) is 0 Å². The van der Waals surface area contributed by atoms with Gasteiger partial charge in [0.1, 0.15) is 5.76 Å². The maximum atomic E-state index is 9.73. The molecule has 3 fully saturated rings. The zero-order valence-electron chi connectivity index (χ0n) is 12.5. The average molecular weight is 291 g/mol. The Morgan fingerprint density at radius 3 is 2.95 bits per heavy atom. The van der Waals surface area contributed by atoms with Crippen LogP contribution in [0.5, 0.6) is 0 Å². The minimum absolute atomic E-state index is 0.126. The summed E-state index contributed by atoms with van der Waals surface area (Å²) in [7, 11) is 0. The third kappa shape index (κ3) is 3.00. The summed E-state index contributed by atoms with van der Waals surface area (Å²) in [6, 6.07) is 1.08. The molecule has 1 saturated heterocycles. The summed E-state index contributed by atoms with van der Waals surface area (Å²) < 4.78 is 5.82. The molecule has 21 heavy (non-hydrogen) atoms. The smallest absolute Gasteiger partial charge is 0.208 e. The molecule has 1 aliphatic heterocycles. The van der Waals surface area contributed by atoms with Gasteiger partial charge in [-0.1, -0.05) is 6.42 Å². The van der Waals surface area contributed by atoms with Crippen LogP contribution in [0, 0.1) is 0 Å². The number of aromatic nitrogens is 1. The number of rotatable bonds is 5. The normalized spacial score (nSPS) is 33.9. The largest absolute Gasteiger partial charge is 0.444 e. The van der Waals surface area contributed by atoms with Crippen LogP contribution in [-0.2, 0) is 6.54 Å². The van der Waals surface area contributed by atoms with Crippen molar-refractivity contribution in [3.63, 3.8) is 0 Å². The van der Waals surface area contributed by atoms with E-state index in [2.05, 4.69) is 15.2 Å². The quantitative estimate of drug-likeness (QED) is 0.863. The van der Waals surface area contributed by atoms with Crippen molar-refractivity contribution in [2.24, 2.45) is 0 Å². The molecule has 2 saturated carbocycles. The van der Waals surface area contributed by atoms with Crippen molar-refractivity contribution in [1.82, 2.24) is 15.2 Å². The van der Waals surface area contributed by atoms with Gasteiger partial charge in [-0.3, -0.25) is 4.90 Å². The number of nitrogens with zero attached hydrogens (tertiary/aromatic N) is 2. The molecule has 3 atom stereocenters. The van der Waals surface area contributed by atoms with E-state index in [1.54, 1.807) is 0 Å². The van der Waals surface area contributed by atoms with Crippen LogP contribution in [-0.4, -0.2) is 46.3 Å². The summed E-state index contributed by atoms with van der Waals surface area (Å²) in [5.41, 5.74) is 0. The Hall–Kier alpha value is -0.910. The van der Waals surface area contributed by atoms with Crippen LogP contribution in [0.2, 0.25) is 0 Å². The van der Waals surface area contributed by atoms with Gasteiger partial charge in [0.05, 0.1) is 18.8 Å². The molecule has 0 aromatic carbocycles. The van der Waals surface area contributed by atoms with Crippen LogP contribution in [0.4, 0.5) is 0 Å². The van der Waals surface area contributed by atoms with E-state index in [1.165, 1.54) is 32.1 Å². The van der Waals surface area contributed by atoms with Gasteiger partial charge in [0.15, 0.2) is 0 Å². The molecule has 4 rings (SSSR count). The molecule has 1 aromatic heterocycles. The predicted molar refractivity (Wildman–Crippen MR) is 78.9 cm³/mol. The minimum Gasteiger partial charge on any atom is -0.444 e. The molecule has 5 nitrogen and oxygen atoms in total. The van der Waals surface area contributed by atoms with E-state index in [1.807, 2.05) is 6.20 Å². The van der Waals surface area contributed by atoms with Crippen LogP contribution in [0.1, 0.15) is 56.1 Å². The van der Waals surface area contributed by atoms with E-state index in [-0.39, 0.29) is 6.10 Å². The topological polar surface area (TPSA) is 61.5 Å². The Morgan fingerprint density at radius 2 is 2.19 bits per heavy atom. The van der Waals surface area contributed by atoms with Crippen molar-refractivity contribution in [2.75, 3.05) is 13.1 Å². The molecular weight excluding hydrogens is 266 g/mol. The first-order valence-electron chi connectivity index (χ1n) is 8.39. The number of nitrogens with one attached hydrogen (secondary N) is 1. The van der Waals surface area contributed by atoms with Crippen LogP contribution in [0.25, 0.3) is 0 Å². The molecule has 0 bridgehead atoms. The molecular formula is C16H25N3O2. The number of aliphatic hydroxyl groups is 1. The van der Waals surface area contributed by atoms with Crippen molar-refractivity contribution in [3.8, 4) is 0 Å². The SMILES string of the molecule is OC1CCN([C@H]2CCC[C@H]2NCc2ncc(C3CC3)o2)C1. The van der Waals surface area contributed by atoms with Gasteiger partial charge in [-0.05, 0) is 32.1 Å². The highest BCUT2D eigenvalue weighted by Gasteiger charge is 2.35. The maximum Gasteiger partial charge on any atom is 0.208 e. The lowest BCUT2D eigenvalue weighted by molar-refractivity contribution is 0.149. The zero-order valence-corrected chi connectivity index (χ0v) is 12.5. The monoisotopic (exact) mass is 291 g/mol. The average Bonchev–Trinajstić information content (AvgIpc) is 2.91. The van der Waals surface area contributed by atoms with Crippen molar-refractivity contribution >= 4 is 0 Å². The summed E-state index contributed by atoms with van der Waals surface area (Å²) in [6.07, 6.45) is 8.93. The van der Waals surface area contributed by atoms with Crippen molar-refractivity contribution in [1.29, 1.82) is 0 Å². The first kappa shape index (κ1) is 13.7. The molecule has 2 N–H and O–H groups in total. The van der Waals surface area contributed by atoms with Gasteiger partial charge in [-0.25, -0.2) is 4.98 Å². The third-order valence-corrected chi connectivity index (χ3v) is 5.21. The number of aliphatic hydroxyl groups excluding tert-OH is 1. The number of hydrogen-bond acceptors (Lipinski definition) is 5. The Bertz CT molecular complexity index is 486. The molecule has 5 heteroatoms. The van der Waals surface area contributed by atoms with Crippen LogP contribution >= 0.6 is 0 Å². The van der Waals surface area contributed by atoms with E-state index >= 15 is 0 Å². The van der Waals surface area contributed by atoms with Gasteiger partial charge < -0.3 is 14.8 Å². The molecule has 3 aliphatic rings. The highest BCUT2D eigenvalue weighted by atomic mass is 16.4. The fraction of sp³-hybridized carbons (Fsp3) is 0.812. The fourth-order valence-corrected chi connectivity index (χ4v) is 3.87. The van der Waals surface area contributed by atoms with Crippen molar-refractivity contribution < 1.29 is 9.52 Å². The van der Waals surface area contributed by atoms with Gasteiger partial charge in [0, 0.05) is 31.1 Å². The number of oxazole rings is 1. The summed E-state index contributed by atoms with van der Waals surface area (Å²) in [4.78, 5) is 6.85. The predicted octanol–water partition coefficient (Wildman–Crippen LogP) is 1.63. The Balaban J connectivity index is 1.32. The lowest BCUT2D eigenvalue weighted by Crippen LogP contribution is -2.46. The molecule has 0 spiro atoms. The summed E-state index contributed by atoms with van der Waals surface area (Å²) >= 11 is 0. The second kappa shape index (κ2) is 5.71. The van der Waals surface area contributed by atoms with Gasteiger partial charge in [0.25, 0.3) is 0 Å². The highest BCUT2D eigenvalue weighted by Crippen LogP contribution is 2.40. The van der Waals surface area contributed by atoms with Crippen LogP contribution in [0.15, 0.2) is 10.6 Å². The van der Waals surface area contributed by atoms with E-state index in [4.69, 9.17) is 4.42 Å². The number of likely N-dealkylation sites (tertiary alicyclic amines) is 1. The molecule has 2 heterocycles. The highest BCUT2D eigenvalue weighted by molar-refractivity contribution is 5.08. The fourth-order valence-electron chi connectivity index (χ4n) is 3.87. The van der Waals surface area contributed by atoms with Gasteiger partial charge in [0.2, 0.25) is 5.89 Å². The van der Waals surface area contributed by atoms with E-state index in [0.29, 0.717) is 18.0 Å². The summed E-state index contributed by atoms with van der Waals surface area (Å²) in [5, 5.41) is 13.4. The maximum absolute atomic E-state index is 9.73.